The Labute approximate surface area is 152 Å². The Kier molecular flexibility index (Phi) is 6.77. The summed E-state index contributed by atoms with van der Waals surface area (Å²) in [5, 5.41) is 0. The second-order valence-electron chi connectivity index (χ2n) is 8.56. The van der Waals surface area contributed by atoms with Gasteiger partial charge in [-0.1, -0.05) is 26.2 Å². The second-order valence-corrected chi connectivity index (χ2v) is 8.56. The van der Waals surface area contributed by atoms with Gasteiger partial charge in [-0.15, -0.1) is 0 Å². The van der Waals surface area contributed by atoms with E-state index >= 15 is 0 Å². The van der Waals surface area contributed by atoms with Crippen LogP contribution in [-0.4, -0.2) is 24.1 Å². The van der Waals surface area contributed by atoms with E-state index in [0.29, 0.717) is 0 Å². The highest BCUT2D eigenvalue weighted by Crippen LogP contribution is 2.32. The number of esters is 2. The largest absolute Gasteiger partial charge is 0.462 e. The zero-order valence-electron chi connectivity index (χ0n) is 15.7. The molecule has 3 saturated carbocycles. The monoisotopic (exact) mass is 350 g/mol. The molecule has 0 atom stereocenters. The summed E-state index contributed by atoms with van der Waals surface area (Å²) in [4.78, 5) is 24.7. The minimum absolute atomic E-state index is 0.00190. The van der Waals surface area contributed by atoms with Crippen LogP contribution in [0.15, 0.2) is 0 Å². The van der Waals surface area contributed by atoms with Crippen LogP contribution >= 0.6 is 0 Å². The van der Waals surface area contributed by atoms with Gasteiger partial charge in [0.25, 0.3) is 0 Å². The van der Waals surface area contributed by atoms with Crippen molar-refractivity contribution < 1.29 is 19.1 Å². The van der Waals surface area contributed by atoms with Crippen molar-refractivity contribution in [2.45, 2.75) is 103 Å². The Bertz CT molecular complexity index is 439. The maximum atomic E-state index is 12.4. The van der Waals surface area contributed by atoms with Gasteiger partial charge in [0.2, 0.25) is 0 Å². The van der Waals surface area contributed by atoms with Gasteiger partial charge >= 0.3 is 11.9 Å². The standard InChI is InChI=1S/C21H34O4/c1-15-7-11-18(12-8-15)24-21(23)17-9-13-19(14-10-17)25-20(22)16-5-3-2-4-6-16/h15-19H,2-14H2,1H3. The lowest BCUT2D eigenvalue weighted by molar-refractivity contribution is -0.161. The minimum Gasteiger partial charge on any atom is -0.462 e. The number of hydrogen-bond donors (Lipinski definition) is 0. The third-order valence-electron chi connectivity index (χ3n) is 6.47. The normalized spacial score (nSPS) is 34.3. The highest BCUT2D eigenvalue weighted by Gasteiger charge is 2.32. The summed E-state index contributed by atoms with van der Waals surface area (Å²) in [5.41, 5.74) is 0. The smallest absolute Gasteiger partial charge is 0.309 e. The summed E-state index contributed by atoms with van der Waals surface area (Å²) in [7, 11) is 0. The molecule has 0 N–H and O–H groups in total. The first-order valence-electron chi connectivity index (χ1n) is 10.5. The van der Waals surface area contributed by atoms with Crippen LogP contribution in [0.1, 0.15) is 90.4 Å². The Morgan fingerprint density at radius 1 is 0.600 bits per heavy atom. The lowest BCUT2D eigenvalue weighted by Crippen LogP contribution is -2.33. The molecule has 0 aromatic heterocycles. The molecule has 4 heteroatoms. The van der Waals surface area contributed by atoms with E-state index < -0.39 is 0 Å². The molecule has 142 valence electrons. The molecule has 0 unspecified atom stereocenters. The molecule has 0 saturated heterocycles. The van der Waals surface area contributed by atoms with Crippen LogP contribution in [0.2, 0.25) is 0 Å². The van der Waals surface area contributed by atoms with E-state index in [-0.39, 0.29) is 36.0 Å². The minimum atomic E-state index is -0.0170. The topological polar surface area (TPSA) is 52.6 Å². The van der Waals surface area contributed by atoms with Gasteiger partial charge in [0.05, 0.1) is 11.8 Å². The Morgan fingerprint density at radius 3 is 1.56 bits per heavy atom. The molecule has 25 heavy (non-hydrogen) atoms. The van der Waals surface area contributed by atoms with E-state index in [1.54, 1.807) is 0 Å². The first kappa shape index (κ1) is 18.7. The third-order valence-corrected chi connectivity index (χ3v) is 6.47. The quantitative estimate of drug-likeness (QED) is 0.684. The molecular formula is C21H34O4. The zero-order valence-corrected chi connectivity index (χ0v) is 15.7. The van der Waals surface area contributed by atoms with Crippen LogP contribution in [-0.2, 0) is 19.1 Å². The van der Waals surface area contributed by atoms with E-state index in [9.17, 15) is 9.59 Å². The van der Waals surface area contributed by atoms with E-state index in [4.69, 9.17) is 9.47 Å². The van der Waals surface area contributed by atoms with E-state index in [2.05, 4.69) is 6.92 Å². The summed E-state index contributed by atoms with van der Waals surface area (Å²) in [6, 6.07) is 0. The second kappa shape index (κ2) is 9.05. The molecule has 3 aliphatic rings. The molecular weight excluding hydrogens is 316 g/mol. The fourth-order valence-electron chi connectivity index (χ4n) is 4.62. The van der Waals surface area contributed by atoms with Gasteiger partial charge in [-0.2, -0.15) is 0 Å². The van der Waals surface area contributed by atoms with Crippen LogP contribution in [0.25, 0.3) is 0 Å². The van der Waals surface area contributed by atoms with Crippen LogP contribution in [0.5, 0.6) is 0 Å². The molecule has 3 rings (SSSR count). The van der Waals surface area contributed by atoms with Crippen molar-refractivity contribution in [3.63, 3.8) is 0 Å². The highest BCUT2D eigenvalue weighted by molar-refractivity contribution is 5.73. The maximum absolute atomic E-state index is 12.4. The fourth-order valence-corrected chi connectivity index (χ4v) is 4.62. The predicted molar refractivity (Wildman–Crippen MR) is 95.9 cm³/mol. The molecule has 0 aliphatic heterocycles. The molecule has 0 aromatic carbocycles. The number of ether oxygens (including phenoxy) is 2. The van der Waals surface area contributed by atoms with Crippen molar-refractivity contribution >= 4 is 11.9 Å². The number of carbonyl (C=O) groups is 2. The molecule has 0 amide bonds. The molecule has 0 bridgehead atoms. The molecule has 0 radical (unpaired) electrons. The average molecular weight is 350 g/mol. The average Bonchev–Trinajstić information content (AvgIpc) is 2.65. The van der Waals surface area contributed by atoms with Gasteiger partial charge < -0.3 is 9.47 Å². The number of carbonyl (C=O) groups excluding carboxylic acids is 2. The van der Waals surface area contributed by atoms with Crippen molar-refractivity contribution in [1.82, 2.24) is 0 Å². The van der Waals surface area contributed by atoms with Gasteiger partial charge in [0, 0.05) is 0 Å². The Morgan fingerprint density at radius 2 is 1.04 bits per heavy atom. The van der Waals surface area contributed by atoms with Gasteiger partial charge in [-0.05, 0) is 70.1 Å². The molecule has 3 aliphatic carbocycles. The SMILES string of the molecule is CC1CCC(OC(=O)C2CCC(OC(=O)C3CCCCC3)CC2)CC1. The van der Waals surface area contributed by atoms with Crippen molar-refractivity contribution in [3.8, 4) is 0 Å². The summed E-state index contributed by atoms with van der Waals surface area (Å²) in [6.45, 7) is 2.27. The maximum Gasteiger partial charge on any atom is 0.309 e. The Balaban J connectivity index is 1.36. The van der Waals surface area contributed by atoms with Crippen LogP contribution < -0.4 is 0 Å². The lowest BCUT2D eigenvalue weighted by Gasteiger charge is -2.31. The molecule has 0 aromatic rings. The van der Waals surface area contributed by atoms with E-state index in [0.717, 1.165) is 70.1 Å². The molecule has 3 fully saturated rings. The first-order valence-corrected chi connectivity index (χ1v) is 10.5. The Hall–Kier alpha value is -1.06. The molecule has 0 heterocycles. The molecule has 4 nitrogen and oxygen atoms in total. The van der Waals surface area contributed by atoms with Crippen LogP contribution in [0.3, 0.4) is 0 Å². The summed E-state index contributed by atoms with van der Waals surface area (Å²) in [6.07, 6.45) is 13.2. The predicted octanol–water partition coefficient (Wildman–Crippen LogP) is 4.79. The summed E-state index contributed by atoms with van der Waals surface area (Å²) < 4.78 is 11.5. The van der Waals surface area contributed by atoms with E-state index in [1.807, 2.05) is 0 Å². The zero-order chi connectivity index (χ0) is 17.6. The number of rotatable bonds is 4. The molecule has 0 spiro atoms. The highest BCUT2D eigenvalue weighted by atomic mass is 16.5. The lowest BCUT2D eigenvalue weighted by atomic mass is 9.86. The van der Waals surface area contributed by atoms with Crippen molar-refractivity contribution in [3.05, 3.63) is 0 Å². The third kappa shape index (κ3) is 5.46. The van der Waals surface area contributed by atoms with Crippen LogP contribution in [0.4, 0.5) is 0 Å². The van der Waals surface area contributed by atoms with E-state index in [1.165, 1.54) is 19.3 Å². The van der Waals surface area contributed by atoms with Gasteiger partial charge in [0.1, 0.15) is 12.2 Å². The van der Waals surface area contributed by atoms with Crippen molar-refractivity contribution in [1.29, 1.82) is 0 Å². The number of hydrogen-bond acceptors (Lipinski definition) is 4. The first-order chi connectivity index (χ1) is 12.1. The van der Waals surface area contributed by atoms with Crippen molar-refractivity contribution in [2.75, 3.05) is 0 Å². The summed E-state index contributed by atoms with van der Waals surface area (Å²) >= 11 is 0. The van der Waals surface area contributed by atoms with Crippen molar-refractivity contribution in [2.24, 2.45) is 17.8 Å². The van der Waals surface area contributed by atoms with Gasteiger partial charge in [0.15, 0.2) is 0 Å². The summed E-state index contributed by atoms with van der Waals surface area (Å²) in [5.74, 6) is 0.872. The van der Waals surface area contributed by atoms with Gasteiger partial charge in [-0.25, -0.2) is 0 Å². The van der Waals surface area contributed by atoms with Gasteiger partial charge in [-0.3, -0.25) is 9.59 Å². The fraction of sp³-hybridized carbons (Fsp3) is 0.905. The van der Waals surface area contributed by atoms with Crippen LogP contribution in [0, 0.1) is 17.8 Å².